The van der Waals surface area contributed by atoms with Gasteiger partial charge in [-0.2, -0.15) is 0 Å². The van der Waals surface area contributed by atoms with Gasteiger partial charge in [0.2, 0.25) is 0 Å². The Hall–Kier alpha value is -0.0400. The summed E-state index contributed by atoms with van der Waals surface area (Å²) in [6.45, 7) is 13.6. The molecule has 1 aliphatic rings. The fourth-order valence-electron chi connectivity index (χ4n) is 2.40. The average Bonchev–Trinajstić information content (AvgIpc) is 2.28. The van der Waals surface area contributed by atoms with Gasteiger partial charge in [0.25, 0.3) is 0 Å². The van der Waals surface area contributed by atoms with Crippen molar-refractivity contribution in [2.24, 2.45) is 17.8 Å². The summed E-state index contributed by atoms with van der Waals surface area (Å²) in [5.74, 6) is 1.99. The first-order valence-corrected chi connectivity index (χ1v) is 5.54. The zero-order valence-corrected chi connectivity index (χ0v) is 9.92. The van der Waals surface area contributed by atoms with E-state index in [0.717, 1.165) is 0 Å². The molecule has 3 unspecified atom stereocenters. The molecular formula is C12H24O. The highest BCUT2D eigenvalue weighted by Crippen LogP contribution is 2.41. The molecule has 0 saturated carbocycles. The van der Waals surface area contributed by atoms with Crippen molar-refractivity contribution in [2.75, 3.05) is 0 Å². The highest BCUT2D eigenvalue weighted by molar-refractivity contribution is 4.92. The second-order valence-electron chi connectivity index (χ2n) is 5.48. The average molecular weight is 184 g/mol. The molecule has 1 saturated heterocycles. The van der Waals surface area contributed by atoms with Gasteiger partial charge in [-0.05, 0) is 31.1 Å². The van der Waals surface area contributed by atoms with E-state index >= 15 is 0 Å². The van der Waals surface area contributed by atoms with E-state index in [9.17, 15) is 0 Å². The zero-order valence-electron chi connectivity index (χ0n) is 9.92. The van der Waals surface area contributed by atoms with Gasteiger partial charge in [-0.25, -0.2) is 0 Å². The van der Waals surface area contributed by atoms with Crippen LogP contribution in [0.15, 0.2) is 0 Å². The van der Waals surface area contributed by atoms with Crippen molar-refractivity contribution in [3.63, 3.8) is 0 Å². The van der Waals surface area contributed by atoms with Gasteiger partial charge in [0, 0.05) is 0 Å². The van der Waals surface area contributed by atoms with Gasteiger partial charge >= 0.3 is 0 Å². The minimum atomic E-state index is 0.119. The SMILES string of the molecule is CC(C)C1OC(C)(C(C)C)CC1C. The van der Waals surface area contributed by atoms with Crippen LogP contribution < -0.4 is 0 Å². The molecule has 0 radical (unpaired) electrons. The molecule has 0 aromatic rings. The van der Waals surface area contributed by atoms with Gasteiger partial charge in [-0.3, -0.25) is 0 Å². The molecule has 3 atom stereocenters. The van der Waals surface area contributed by atoms with Crippen molar-refractivity contribution in [1.29, 1.82) is 0 Å². The Morgan fingerprint density at radius 1 is 1.23 bits per heavy atom. The van der Waals surface area contributed by atoms with Crippen LogP contribution in [0.5, 0.6) is 0 Å². The molecule has 1 heterocycles. The van der Waals surface area contributed by atoms with E-state index in [2.05, 4.69) is 41.5 Å². The Labute approximate surface area is 82.9 Å². The summed E-state index contributed by atoms with van der Waals surface area (Å²) in [5, 5.41) is 0. The zero-order chi connectivity index (χ0) is 10.2. The second-order valence-corrected chi connectivity index (χ2v) is 5.48. The predicted octanol–water partition coefficient (Wildman–Crippen LogP) is 3.48. The molecule has 1 rings (SSSR count). The smallest absolute Gasteiger partial charge is 0.0684 e. The third kappa shape index (κ3) is 2.07. The summed E-state index contributed by atoms with van der Waals surface area (Å²) in [6, 6.07) is 0. The van der Waals surface area contributed by atoms with Gasteiger partial charge in [-0.15, -0.1) is 0 Å². The topological polar surface area (TPSA) is 9.23 Å². The van der Waals surface area contributed by atoms with Crippen LogP contribution in [0.3, 0.4) is 0 Å². The van der Waals surface area contributed by atoms with Crippen molar-refractivity contribution in [2.45, 2.75) is 59.7 Å². The van der Waals surface area contributed by atoms with Crippen molar-refractivity contribution in [3.05, 3.63) is 0 Å². The highest BCUT2D eigenvalue weighted by Gasteiger charge is 2.43. The minimum absolute atomic E-state index is 0.119. The minimum Gasteiger partial charge on any atom is -0.371 e. The van der Waals surface area contributed by atoms with E-state index in [4.69, 9.17) is 4.74 Å². The molecule has 0 N–H and O–H groups in total. The Bertz CT molecular complexity index is 174. The van der Waals surface area contributed by atoms with E-state index in [1.165, 1.54) is 6.42 Å². The van der Waals surface area contributed by atoms with Crippen molar-refractivity contribution >= 4 is 0 Å². The van der Waals surface area contributed by atoms with Gasteiger partial charge in [0.1, 0.15) is 0 Å². The van der Waals surface area contributed by atoms with E-state index in [0.29, 0.717) is 23.9 Å². The molecule has 0 aromatic carbocycles. The van der Waals surface area contributed by atoms with Crippen LogP contribution in [0.4, 0.5) is 0 Å². The molecule has 0 amide bonds. The van der Waals surface area contributed by atoms with Gasteiger partial charge in [0.15, 0.2) is 0 Å². The lowest BCUT2D eigenvalue weighted by atomic mass is 9.84. The Balaban J connectivity index is 2.69. The van der Waals surface area contributed by atoms with Crippen LogP contribution in [0.25, 0.3) is 0 Å². The van der Waals surface area contributed by atoms with Crippen molar-refractivity contribution in [1.82, 2.24) is 0 Å². The summed E-state index contributed by atoms with van der Waals surface area (Å²) < 4.78 is 6.18. The lowest BCUT2D eigenvalue weighted by Crippen LogP contribution is -2.32. The maximum atomic E-state index is 6.18. The number of ether oxygens (including phenoxy) is 1. The third-order valence-corrected chi connectivity index (χ3v) is 3.57. The summed E-state index contributed by atoms with van der Waals surface area (Å²) >= 11 is 0. The van der Waals surface area contributed by atoms with Crippen molar-refractivity contribution < 1.29 is 4.74 Å². The Morgan fingerprint density at radius 2 is 1.77 bits per heavy atom. The van der Waals surface area contributed by atoms with Crippen LogP contribution in [0.2, 0.25) is 0 Å². The van der Waals surface area contributed by atoms with Crippen LogP contribution in [-0.2, 0) is 4.74 Å². The molecule has 0 spiro atoms. The number of hydrogen-bond acceptors (Lipinski definition) is 1. The van der Waals surface area contributed by atoms with Crippen molar-refractivity contribution in [3.8, 4) is 0 Å². The number of hydrogen-bond donors (Lipinski definition) is 0. The summed E-state index contributed by atoms with van der Waals surface area (Å²) in [7, 11) is 0. The summed E-state index contributed by atoms with van der Waals surface area (Å²) in [6.07, 6.45) is 1.68. The molecular weight excluding hydrogens is 160 g/mol. The molecule has 1 fully saturated rings. The molecule has 13 heavy (non-hydrogen) atoms. The van der Waals surface area contributed by atoms with Crippen LogP contribution in [0.1, 0.15) is 48.0 Å². The standard InChI is InChI=1S/C12H24O/c1-8(2)11-10(5)7-12(6,13-11)9(3)4/h8-11H,7H2,1-6H3. The predicted molar refractivity (Wildman–Crippen MR) is 56.7 cm³/mol. The van der Waals surface area contributed by atoms with Gasteiger partial charge in [-0.1, -0.05) is 34.6 Å². The van der Waals surface area contributed by atoms with Gasteiger partial charge in [0.05, 0.1) is 11.7 Å². The lowest BCUT2D eigenvalue weighted by molar-refractivity contribution is -0.0762. The first-order valence-electron chi connectivity index (χ1n) is 5.54. The third-order valence-electron chi connectivity index (χ3n) is 3.57. The summed E-state index contributed by atoms with van der Waals surface area (Å²) in [4.78, 5) is 0. The van der Waals surface area contributed by atoms with Crippen LogP contribution in [-0.4, -0.2) is 11.7 Å². The van der Waals surface area contributed by atoms with E-state index < -0.39 is 0 Å². The second kappa shape index (κ2) is 3.61. The molecule has 1 aliphatic heterocycles. The quantitative estimate of drug-likeness (QED) is 0.638. The molecule has 1 nitrogen and oxygen atoms in total. The molecule has 0 aromatic heterocycles. The van der Waals surface area contributed by atoms with E-state index in [1.54, 1.807) is 0 Å². The van der Waals surface area contributed by atoms with Gasteiger partial charge < -0.3 is 4.74 Å². The summed E-state index contributed by atoms with van der Waals surface area (Å²) in [5.41, 5.74) is 0.119. The monoisotopic (exact) mass is 184 g/mol. The van der Waals surface area contributed by atoms with E-state index in [1.807, 2.05) is 0 Å². The normalized spacial score (nSPS) is 40.6. The fourth-order valence-corrected chi connectivity index (χ4v) is 2.40. The molecule has 1 heteroatoms. The molecule has 0 aliphatic carbocycles. The molecule has 78 valence electrons. The first kappa shape index (κ1) is 11.0. The lowest BCUT2D eigenvalue weighted by Gasteiger charge is -2.30. The first-order chi connectivity index (χ1) is 5.87. The molecule has 0 bridgehead atoms. The fraction of sp³-hybridized carbons (Fsp3) is 1.00. The largest absolute Gasteiger partial charge is 0.371 e. The maximum Gasteiger partial charge on any atom is 0.0684 e. The Morgan fingerprint density at radius 3 is 2.00 bits per heavy atom. The maximum absolute atomic E-state index is 6.18. The Kier molecular flexibility index (Phi) is 3.06. The van der Waals surface area contributed by atoms with E-state index in [-0.39, 0.29) is 5.60 Å². The number of rotatable bonds is 2. The highest BCUT2D eigenvalue weighted by atomic mass is 16.5. The van der Waals surface area contributed by atoms with Crippen LogP contribution in [0, 0.1) is 17.8 Å². The van der Waals surface area contributed by atoms with Crippen LogP contribution >= 0.6 is 0 Å².